The first-order chi connectivity index (χ1) is 12.7. The normalized spacial score (nSPS) is 10.8. The van der Waals surface area contributed by atoms with Crippen LogP contribution in [0.5, 0.6) is 0 Å². The predicted octanol–water partition coefficient (Wildman–Crippen LogP) is 4.98. The van der Waals surface area contributed by atoms with Crippen LogP contribution >= 0.6 is 0 Å². The minimum atomic E-state index is 0.557. The number of hydrogen-bond donors (Lipinski definition) is 2. The van der Waals surface area contributed by atoms with Crippen LogP contribution in [0.25, 0.3) is 11.1 Å². The highest BCUT2D eigenvalue weighted by molar-refractivity contribution is 5.78. The minimum absolute atomic E-state index is 0.557. The Morgan fingerprint density at radius 1 is 1.04 bits per heavy atom. The molecular formula is C20H19N5O. The van der Waals surface area contributed by atoms with E-state index in [1.54, 1.807) is 6.20 Å². The second-order valence-corrected chi connectivity index (χ2v) is 6.02. The highest BCUT2D eigenvalue weighted by atomic mass is 16.3. The highest BCUT2D eigenvalue weighted by Gasteiger charge is 2.08. The maximum Gasteiger partial charge on any atom is 0.229 e. The fraction of sp³-hybridized carbons (Fsp3) is 0.150. The molecular weight excluding hydrogens is 326 g/mol. The molecule has 2 aromatic heterocycles. The van der Waals surface area contributed by atoms with Crippen molar-refractivity contribution in [3.05, 3.63) is 66.2 Å². The first-order valence-corrected chi connectivity index (χ1v) is 8.52. The van der Waals surface area contributed by atoms with Crippen LogP contribution in [0.15, 0.2) is 59.5 Å². The topological polar surface area (TPSA) is 75.9 Å². The van der Waals surface area contributed by atoms with E-state index in [0.29, 0.717) is 5.95 Å². The number of hydrogen-bond acceptors (Lipinski definition) is 6. The quantitative estimate of drug-likeness (QED) is 0.531. The molecule has 0 saturated heterocycles. The molecule has 0 aliphatic heterocycles. The first kappa shape index (κ1) is 16.1. The molecule has 6 heteroatoms. The molecule has 130 valence electrons. The average Bonchev–Trinajstić information content (AvgIpc) is 3.13. The summed E-state index contributed by atoms with van der Waals surface area (Å²) in [5.74, 6) is 1.31. The van der Waals surface area contributed by atoms with Crippen molar-refractivity contribution in [3.8, 4) is 0 Å². The van der Waals surface area contributed by atoms with Crippen LogP contribution in [0.2, 0.25) is 0 Å². The van der Waals surface area contributed by atoms with Crippen LogP contribution < -0.4 is 10.6 Å². The summed E-state index contributed by atoms with van der Waals surface area (Å²) in [7, 11) is 0. The molecule has 0 bridgehead atoms. The Morgan fingerprint density at radius 2 is 1.92 bits per heavy atom. The standard InChI is InChI=1S/C20H19N5O/c1-3-14-6-4-5-7-16(14)24-20-21-11-13(2)19(25-20)23-15-8-9-18-17(10-15)22-12-26-18/h4-12H,3H2,1-2H3,(H2,21,23,24,25). The summed E-state index contributed by atoms with van der Waals surface area (Å²) in [4.78, 5) is 13.2. The first-order valence-electron chi connectivity index (χ1n) is 8.52. The van der Waals surface area contributed by atoms with Crippen LogP contribution in [-0.2, 0) is 6.42 Å². The number of nitrogens with one attached hydrogen (secondary N) is 2. The molecule has 2 aromatic carbocycles. The largest absolute Gasteiger partial charge is 0.443 e. The zero-order valence-corrected chi connectivity index (χ0v) is 14.7. The molecule has 0 unspecified atom stereocenters. The summed E-state index contributed by atoms with van der Waals surface area (Å²) in [5, 5.41) is 6.65. The van der Waals surface area contributed by atoms with E-state index in [1.165, 1.54) is 12.0 Å². The monoisotopic (exact) mass is 345 g/mol. The molecule has 0 spiro atoms. The number of aryl methyl sites for hydroxylation is 2. The third kappa shape index (κ3) is 3.21. The highest BCUT2D eigenvalue weighted by Crippen LogP contribution is 2.24. The van der Waals surface area contributed by atoms with Crippen LogP contribution in [0.3, 0.4) is 0 Å². The molecule has 0 saturated carbocycles. The smallest absolute Gasteiger partial charge is 0.229 e. The van der Waals surface area contributed by atoms with Crippen LogP contribution in [-0.4, -0.2) is 15.0 Å². The second-order valence-electron chi connectivity index (χ2n) is 6.02. The lowest BCUT2D eigenvalue weighted by Crippen LogP contribution is -2.04. The van der Waals surface area contributed by atoms with E-state index in [2.05, 4.69) is 38.6 Å². The van der Waals surface area contributed by atoms with Crippen molar-refractivity contribution in [2.75, 3.05) is 10.6 Å². The van der Waals surface area contributed by atoms with E-state index < -0.39 is 0 Å². The van der Waals surface area contributed by atoms with E-state index in [1.807, 2.05) is 43.3 Å². The van der Waals surface area contributed by atoms with Gasteiger partial charge in [0.15, 0.2) is 12.0 Å². The van der Waals surface area contributed by atoms with E-state index in [0.717, 1.165) is 40.3 Å². The molecule has 4 rings (SSSR count). The van der Waals surface area contributed by atoms with Crippen molar-refractivity contribution < 1.29 is 4.42 Å². The lowest BCUT2D eigenvalue weighted by molar-refractivity contribution is 0.602. The van der Waals surface area contributed by atoms with E-state index in [9.17, 15) is 0 Å². The van der Waals surface area contributed by atoms with Gasteiger partial charge < -0.3 is 15.1 Å². The number of aromatic nitrogens is 3. The zero-order valence-electron chi connectivity index (χ0n) is 14.7. The summed E-state index contributed by atoms with van der Waals surface area (Å²) in [5.41, 5.74) is 5.66. The molecule has 0 aliphatic rings. The Labute approximate surface area is 151 Å². The Morgan fingerprint density at radius 3 is 2.81 bits per heavy atom. The average molecular weight is 345 g/mol. The fourth-order valence-electron chi connectivity index (χ4n) is 2.77. The zero-order chi connectivity index (χ0) is 17.9. The van der Waals surface area contributed by atoms with Gasteiger partial charge in [-0.2, -0.15) is 4.98 Å². The number of oxazole rings is 1. The van der Waals surface area contributed by atoms with Crippen molar-refractivity contribution in [2.24, 2.45) is 0 Å². The van der Waals surface area contributed by atoms with Crippen LogP contribution in [0.1, 0.15) is 18.1 Å². The lowest BCUT2D eigenvalue weighted by atomic mass is 10.1. The molecule has 26 heavy (non-hydrogen) atoms. The molecule has 2 heterocycles. The van der Waals surface area contributed by atoms with Crippen molar-refractivity contribution in [3.63, 3.8) is 0 Å². The van der Waals surface area contributed by atoms with Gasteiger partial charge >= 0.3 is 0 Å². The van der Waals surface area contributed by atoms with Gasteiger partial charge in [0, 0.05) is 23.1 Å². The predicted molar refractivity (Wildman–Crippen MR) is 103 cm³/mol. The van der Waals surface area contributed by atoms with Gasteiger partial charge in [-0.15, -0.1) is 0 Å². The molecule has 6 nitrogen and oxygen atoms in total. The van der Waals surface area contributed by atoms with Gasteiger partial charge in [0.2, 0.25) is 5.95 Å². The molecule has 0 aliphatic carbocycles. The Hall–Kier alpha value is -3.41. The van der Waals surface area contributed by atoms with E-state index in [-0.39, 0.29) is 0 Å². The van der Waals surface area contributed by atoms with Gasteiger partial charge in [0.05, 0.1) is 0 Å². The van der Waals surface area contributed by atoms with Crippen molar-refractivity contribution >= 4 is 34.2 Å². The van der Waals surface area contributed by atoms with Crippen molar-refractivity contribution in [2.45, 2.75) is 20.3 Å². The maximum atomic E-state index is 5.28. The molecule has 0 atom stereocenters. The van der Waals surface area contributed by atoms with Gasteiger partial charge in [0.1, 0.15) is 11.3 Å². The summed E-state index contributed by atoms with van der Waals surface area (Å²) in [6.45, 7) is 4.10. The lowest BCUT2D eigenvalue weighted by Gasteiger charge is -2.12. The van der Waals surface area contributed by atoms with Crippen molar-refractivity contribution in [1.82, 2.24) is 15.0 Å². The fourth-order valence-corrected chi connectivity index (χ4v) is 2.77. The van der Waals surface area contributed by atoms with Gasteiger partial charge in [-0.3, -0.25) is 0 Å². The van der Waals surface area contributed by atoms with Crippen LogP contribution in [0, 0.1) is 6.92 Å². The third-order valence-electron chi connectivity index (χ3n) is 4.21. The maximum absolute atomic E-state index is 5.28. The molecule has 0 radical (unpaired) electrons. The number of para-hydroxylation sites is 1. The summed E-state index contributed by atoms with van der Waals surface area (Å²) in [6.07, 6.45) is 4.19. The number of anilines is 4. The number of nitrogens with zero attached hydrogens (tertiary/aromatic N) is 3. The summed E-state index contributed by atoms with van der Waals surface area (Å²) >= 11 is 0. The third-order valence-corrected chi connectivity index (χ3v) is 4.21. The number of fused-ring (bicyclic) bond motifs is 1. The van der Waals surface area contributed by atoms with E-state index in [4.69, 9.17) is 4.42 Å². The summed E-state index contributed by atoms with van der Waals surface area (Å²) in [6, 6.07) is 13.9. The SMILES string of the molecule is CCc1ccccc1Nc1ncc(C)c(Nc2ccc3ocnc3c2)n1. The molecule has 2 N–H and O–H groups in total. The number of rotatable bonds is 5. The van der Waals surface area contributed by atoms with Crippen molar-refractivity contribution in [1.29, 1.82) is 0 Å². The summed E-state index contributed by atoms with van der Waals surface area (Å²) < 4.78 is 5.28. The van der Waals surface area contributed by atoms with E-state index >= 15 is 0 Å². The van der Waals surface area contributed by atoms with Crippen LogP contribution in [0.4, 0.5) is 23.1 Å². The van der Waals surface area contributed by atoms with Gasteiger partial charge in [0.25, 0.3) is 0 Å². The molecule has 4 aromatic rings. The Balaban J connectivity index is 1.61. The Bertz CT molecular complexity index is 1060. The minimum Gasteiger partial charge on any atom is -0.443 e. The molecule has 0 fully saturated rings. The van der Waals surface area contributed by atoms with Gasteiger partial charge in [-0.1, -0.05) is 25.1 Å². The molecule has 0 amide bonds. The van der Waals surface area contributed by atoms with Gasteiger partial charge in [-0.25, -0.2) is 9.97 Å². The van der Waals surface area contributed by atoms with Gasteiger partial charge in [-0.05, 0) is 43.2 Å². The second kappa shape index (κ2) is 6.84. The number of benzene rings is 2. The Kier molecular flexibility index (Phi) is 4.23.